The van der Waals surface area contributed by atoms with Gasteiger partial charge in [-0.2, -0.15) is 0 Å². The Bertz CT molecular complexity index is 867. The molecular weight excluding hydrogens is 446 g/mol. The summed E-state index contributed by atoms with van der Waals surface area (Å²) in [5.41, 5.74) is -1.19. The van der Waals surface area contributed by atoms with Crippen LogP contribution in [0.15, 0.2) is 0 Å². The number of carbonyl (C=O) groups is 4. The average Bonchev–Trinajstić information content (AvgIpc) is 3.60. The third kappa shape index (κ3) is 5.29. The predicted octanol–water partition coefficient (Wildman–Crippen LogP) is 4.17. The number of hydrogen-bond acceptors (Lipinski definition) is 6. The first kappa shape index (κ1) is 26.2. The standard InChI is InChI=1S/C28H43NO6/c1-7-19-13-28(19,26(33)34-6)14-23(30)22-8-16(2)15-29(22)25(32)21(27(3,4)5)12-24(31)35-20-10-17-9-18(17)11-20/h16-22H,7-15H2,1-6H3/t16-,17-,18+,19+,20?,21?,22-,28+/m0/s1. The van der Waals surface area contributed by atoms with Gasteiger partial charge >= 0.3 is 11.9 Å². The molecule has 3 aliphatic carbocycles. The van der Waals surface area contributed by atoms with Gasteiger partial charge in [0, 0.05) is 13.0 Å². The van der Waals surface area contributed by atoms with Crippen molar-refractivity contribution in [3.63, 3.8) is 0 Å². The molecule has 0 bridgehead atoms. The van der Waals surface area contributed by atoms with Gasteiger partial charge in [0.25, 0.3) is 0 Å². The van der Waals surface area contributed by atoms with Crippen molar-refractivity contribution < 1.29 is 28.7 Å². The second kappa shape index (κ2) is 9.51. The van der Waals surface area contributed by atoms with E-state index in [1.54, 1.807) is 4.90 Å². The molecule has 7 nitrogen and oxygen atoms in total. The molecule has 0 aromatic rings. The molecule has 7 heteroatoms. The van der Waals surface area contributed by atoms with E-state index >= 15 is 0 Å². The molecule has 3 saturated carbocycles. The molecule has 0 spiro atoms. The highest BCUT2D eigenvalue weighted by atomic mass is 16.5. The maximum absolute atomic E-state index is 13.9. The third-order valence-corrected chi connectivity index (χ3v) is 9.18. The van der Waals surface area contributed by atoms with Crippen LogP contribution in [0, 0.1) is 40.4 Å². The number of hydrogen-bond donors (Lipinski definition) is 0. The number of rotatable bonds is 9. The van der Waals surface area contributed by atoms with Crippen molar-refractivity contribution in [2.45, 2.75) is 98.1 Å². The highest BCUT2D eigenvalue weighted by molar-refractivity contribution is 5.95. The van der Waals surface area contributed by atoms with E-state index < -0.39 is 22.8 Å². The van der Waals surface area contributed by atoms with Crippen molar-refractivity contribution in [3.8, 4) is 0 Å². The minimum absolute atomic E-state index is 0.0114. The Morgan fingerprint density at radius 3 is 2.26 bits per heavy atom. The molecule has 35 heavy (non-hydrogen) atoms. The van der Waals surface area contributed by atoms with Crippen molar-refractivity contribution in [1.29, 1.82) is 0 Å². The minimum Gasteiger partial charge on any atom is -0.469 e. The van der Waals surface area contributed by atoms with Crippen molar-refractivity contribution in [2.24, 2.45) is 40.4 Å². The molecule has 0 radical (unpaired) electrons. The molecular formula is C28H43NO6. The van der Waals surface area contributed by atoms with Gasteiger partial charge in [-0.05, 0) is 61.2 Å². The van der Waals surface area contributed by atoms with Gasteiger partial charge in [-0.25, -0.2) is 0 Å². The Morgan fingerprint density at radius 1 is 1.06 bits per heavy atom. The van der Waals surface area contributed by atoms with Gasteiger partial charge < -0.3 is 14.4 Å². The Labute approximate surface area is 209 Å². The molecule has 0 aromatic heterocycles. The van der Waals surface area contributed by atoms with Gasteiger partial charge in [-0.1, -0.05) is 41.0 Å². The average molecular weight is 490 g/mol. The number of methoxy groups -OCH3 is 1. The first-order valence-corrected chi connectivity index (χ1v) is 13.5. The van der Waals surface area contributed by atoms with Gasteiger partial charge in [0.05, 0.1) is 30.9 Å². The van der Waals surface area contributed by atoms with Gasteiger partial charge in [-0.3, -0.25) is 19.2 Å². The van der Waals surface area contributed by atoms with Crippen molar-refractivity contribution >= 4 is 23.6 Å². The van der Waals surface area contributed by atoms with E-state index in [0.29, 0.717) is 19.4 Å². The molecule has 1 aliphatic heterocycles. The number of carbonyl (C=O) groups excluding carboxylic acids is 4. The SMILES string of the molecule is CC[C@@H]1C[C@]1(CC(=O)[C@@H]1C[C@H](C)CN1C(=O)C(CC(=O)OC1C[C@@H]2C[C@@H]2C1)C(C)(C)C)C(=O)OC. The summed E-state index contributed by atoms with van der Waals surface area (Å²) in [5, 5.41) is 0. The topological polar surface area (TPSA) is 90.0 Å². The van der Waals surface area contributed by atoms with Crippen LogP contribution in [0.4, 0.5) is 0 Å². The molecule has 2 unspecified atom stereocenters. The fourth-order valence-corrected chi connectivity index (χ4v) is 6.80. The number of likely N-dealkylation sites (tertiary alicyclic amines) is 1. The maximum Gasteiger partial charge on any atom is 0.312 e. The van der Waals surface area contributed by atoms with Crippen LogP contribution >= 0.6 is 0 Å². The quantitative estimate of drug-likeness (QED) is 0.452. The lowest BCUT2D eigenvalue weighted by Crippen LogP contribution is -2.48. The van der Waals surface area contributed by atoms with Crippen molar-refractivity contribution in [2.75, 3.05) is 13.7 Å². The largest absolute Gasteiger partial charge is 0.469 e. The summed E-state index contributed by atoms with van der Waals surface area (Å²) >= 11 is 0. The Morgan fingerprint density at radius 2 is 1.71 bits per heavy atom. The number of ether oxygens (including phenoxy) is 2. The minimum atomic E-state index is -0.740. The molecule has 4 fully saturated rings. The molecule has 196 valence electrons. The number of nitrogens with zero attached hydrogens (tertiary/aromatic N) is 1. The number of Topliss-reactive ketones (excluding diaryl/α,β-unsaturated/α-hetero) is 1. The smallest absolute Gasteiger partial charge is 0.312 e. The fraction of sp³-hybridized carbons (Fsp3) is 0.857. The highest BCUT2D eigenvalue weighted by Gasteiger charge is 2.61. The number of ketones is 1. The highest BCUT2D eigenvalue weighted by Crippen LogP contribution is 2.58. The molecule has 1 saturated heterocycles. The van der Waals surface area contributed by atoms with Gasteiger partial charge in [-0.15, -0.1) is 0 Å². The zero-order valence-electron chi connectivity index (χ0n) is 22.3. The number of fused-ring (bicyclic) bond motifs is 1. The van der Waals surface area contributed by atoms with Gasteiger partial charge in [0.15, 0.2) is 5.78 Å². The van der Waals surface area contributed by atoms with Gasteiger partial charge in [0.1, 0.15) is 6.10 Å². The summed E-state index contributed by atoms with van der Waals surface area (Å²) in [6.45, 7) is 10.5. The molecule has 0 N–H and O–H groups in total. The van der Waals surface area contributed by atoms with Crippen molar-refractivity contribution in [1.82, 2.24) is 4.90 Å². The summed E-state index contributed by atoms with van der Waals surface area (Å²) in [7, 11) is 1.37. The van der Waals surface area contributed by atoms with E-state index in [-0.39, 0.29) is 54.4 Å². The van der Waals surface area contributed by atoms with Crippen LogP contribution in [0.1, 0.15) is 86.0 Å². The Balaban J connectivity index is 1.44. The molecule has 8 atom stereocenters. The molecule has 1 heterocycles. The molecule has 1 amide bonds. The summed E-state index contributed by atoms with van der Waals surface area (Å²) in [5.74, 6) is 0.364. The van der Waals surface area contributed by atoms with Crippen LogP contribution in [0.25, 0.3) is 0 Å². The van der Waals surface area contributed by atoms with E-state index in [2.05, 4.69) is 0 Å². The monoisotopic (exact) mass is 489 g/mol. The van der Waals surface area contributed by atoms with Crippen LogP contribution in [0.5, 0.6) is 0 Å². The van der Waals surface area contributed by atoms with Crippen molar-refractivity contribution in [3.05, 3.63) is 0 Å². The summed E-state index contributed by atoms with van der Waals surface area (Å²) in [6.07, 6.45) is 5.37. The first-order chi connectivity index (χ1) is 16.4. The molecule has 4 aliphatic rings. The zero-order chi connectivity index (χ0) is 25.7. The van der Waals surface area contributed by atoms with Gasteiger partial charge in [0.2, 0.25) is 5.91 Å². The lowest BCUT2D eigenvalue weighted by molar-refractivity contribution is -0.157. The number of amides is 1. The van der Waals surface area contributed by atoms with E-state index in [9.17, 15) is 19.2 Å². The van der Waals surface area contributed by atoms with Crippen LogP contribution in [0.3, 0.4) is 0 Å². The van der Waals surface area contributed by atoms with Crippen LogP contribution < -0.4 is 0 Å². The van der Waals surface area contributed by atoms with E-state index in [1.807, 2.05) is 34.6 Å². The molecule has 4 rings (SSSR count). The molecule has 0 aromatic carbocycles. The summed E-state index contributed by atoms with van der Waals surface area (Å²) < 4.78 is 10.8. The van der Waals surface area contributed by atoms with Crippen LogP contribution in [-0.4, -0.2) is 54.3 Å². The second-order valence-corrected chi connectivity index (χ2v) is 12.9. The Kier molecular flexibility index (Phi) is 7.11. The van der Waals surface area contributed by atoms with Crippen LogP contribution in [-0.2, 0) is 28.7 Å². The maximum atomic E-state index is 13.9. The van der Waals surface area contributed by atoms with E-state index in [1.165, 1.54) is 13.5 Å². The zero-order valence-corrected chi connectivity index (χ0v) is 22.3. The lowest BCUT2D eigenvalue weighted by atomic mass is 9.77. The van der Waals surface area contributed by atoms with E-state index in [0.717, 1.165) is 31.1 Å². The second-order valence-electron chi connectivity index (χ2n) is 12.9. The summed E-state index contributed by atoms with van der Waals surface area (Å²) in [6, 6.07) is -0.556. The van der Waals surface area contributed by atoms with E-state index in [4.69, 9.17) is 9.47 Å². The van der Waals surface area contributed by atoms with Crippen LogP contribution in [0.2, 0.25) is 0 Å². The third-order valence-electron chi connectivity index (χ3n) is 9.18. The predicted molar refractivity (Wildman–Crippen MR) is 130 cm³/mol. The Hall–Kier alpha value is -1.92. The first-order valence-electron chi connectivity index (χ1n) is 13.5. The normalized spacial score (nSPS) is 36.3. The summed E-state index contributed by atoms with van der Waals surface area (Å²) in [4.78, 5) is 54.4. The fourth-order valence-electron chi connectivity index (χ4n) is 6.80. The lowest BCUT2D eigenvalue weighted by Gasteiger charge is -2.35. The number of esters is 2.